The molecule has 0 spiro atoms. The van der Waals surface area contributed by atoms with Gasteiger partial charge in [-0.1, -0.05) is 6.08 Å². The van der Waals surface area contributed by atoms with Gasteiger partial charge in [0.25, 0.3) is 0 Å². The summed E-state index contributed by atoms with van der Waals surface area (Å²) in [5.74, 6) is -0.0896. The number of carbonyl (C=O) groups excluding carboxylic acids is 1. The summed E-state index contributed by atoms with van der Waals surface area (Å²) in [4.78, 5) is 13.1. The van der Waals surface area contributed by atoms with Crippen molar-refractivity contribution in [1.29, 1.82) is 0 Å². The molecule has 0 atom stereocenters. The summed E-state index contributed by atoms with van der Waals surface area (Å²) in [5, 5.41) is 2.71. The molecule has 0 saturated carbocycles. The van der Waals surface area contributed by atoms with Crippen LogP contribution in [0.2, 0.25) is 0 Å². The topological polar surface area (TPSA) is 67.6 Å². The Morgan fingerprint density at radius 3 is 2.80 bits per heavy atom. The van der Waals surface area contributed by atoms with Crippen molar-refractivity contribution in [2.75, 3.05) is 46.9 Å². The second-order valence-electron chi connectivity index (χ2n) is 3.36. The van der Waals surface area contributed by atoms with Gasteiger partial charge in [0.2, 0.25) is 5.91 Å². The maximum absolute atomic E-state index is 11.2. The van der Waals surface area contributed by atoms with Crippen molar-refractivity contribution in [2.45, 2.75) is 0 Å². The minimum absolute atomic E-state index is 0.0896. The summed E-state index contributed by atoms with van der Waals surface area (Å²) >= 11 is 0. The number of nitrogens with zero attached hydrogens (tertiary/aromatic N) is 1. The molecule has 0 fully saturated rings. The molecule has 0 aromatic carbocycles. The Morgan fingerprint density at radius 1 is 1.47 bits per heavy atom. The lowest BCUT2D eigenvalue weighted by Gasteiger charge is -2.04. The van der Waals surface area contributed by atoms with Crippen molar-refractivity contribution in [3.05, 3.63) is 12.2 Å². The Bertz CT molecular complexity index is 193. The zero-order valence-corrected chi connectivity index (χ0v) is 9.53. The van der Waals surface area contributed by atoms with Gasteiger partial charge in [-0.15, -0.1) is 0 Å². The van der Waals surface area contributed by atoms with Crippen LogP contribution in [0.25, 0.3) is 0 Å². The average molecular weight is 215 g/mol. The molecule has 0 radical (unpaired) electrons. The molecule has 3 N–H and O–H groups in total. The smallest absolute Gasteiger partial charge is 0.243 e. The number of rotatable bonds is 8. The molecule has 5 heteroatoms. The molecule has 0 aromatic rings. The van der Waals surface area contributed by atoms with Crippen LogP contribution in [0.5, 0.6) is 0 Å². The largest absolute Gasteiger partial charge is 0.378 e. The fraction of sp³-hybridized carbons (Fsp3) is 0.700. The van der Waals surface area contributed by atoms with Crippen LogP contribution in [0.1, 0.15) is 0 Å². The van der Waals surface area contributed by atoms with E-state index in [2.05, 4.69) is 5.32 Å². The molecular formula is C10H21N3O2. The first-order chi connectivity index (χ1) is 7.16. The molecule has 0 unspecified atom stereocenters. The van der Waals surface area contributed by atoms with Gasteiger partial charge in [-0.2, -0.15) is 0 Å². The van der Waals surface area contributed by atoms with Crippen LogP contribution in [-0.4, -0.2) is 57.8 Å². The number of hydrogen-bond acceptors (Lipinski definition) is 4. The molecule has 0 saturated heterocycles. The predicted molar refractivity (Wildman–Crippen MR) is 60.6 cm³/mol. The number of carbonyl (C=O) groups is 1. The second-order valence-corrected chi connectivity index (χ2v) is 3.36. The van der Waals surface area contributed by atoms with E-state index in [9.17, 15) is 4.79 Å². The summed E-state index contributed by atoms with van der Waals surface area (Å²) in [6.07, 6.45) is 3.35. The van der Waals surface area contributed by atoms with Gasteiger partial charge in [-0.05, 0) is 14.1 Å². The van der Waals surface area contributed by atoms with Gasteiger partial charge < -0.3 is 20.7 Å². The van der Waals surface area contributed by atoms with Crippen LogP contribution in [0.4, 0.5) is 0 Å². The van der Waals surface area contributed by atoms with Gasteiger partial charge in [0, 0.05) is 25.7 Å². The van der Waals surface area contributed by atoms with Crippen molar-refractivity contribution < 1.29 is 9.53 Å². The van der Waals surface area contributed by atoms with E-state index in [4.69, 9.17) is 10.5 Å². The van der Waals surface area contributed by atoms with Crippen molar-refractivity contribution >= 4 is 5.91 Å². The first kappa shape index (κ1) is 14.1. The Balaban J connectivity index is 3.37. The lowest BCUT2D eigenvalue weighted by Crippen LogP contribution is -2.26. The summed E-state index contributed by atoms with van der Waals surface area (Å²) in [5.41, 5.74) is 5.24. The van der Waals surface area contributed by atoms with E-state index < -0.39 is 0 Å². The molecule has 0 aromatic heterocycles. The van der Waals surface area contributed by atoms with Crippen LogP contribution in [0, 0.1) is 0 Å². The number of nitrogens with one attached hydrogen (secondary N) is 1. The fourth-order valence-electron chi connectivity index (χ4n) is 0.861. The molecule has 0 rings (SSSR count). The van der Waals surface area contributed by atoms with Crippen molar-refractivity contribution in [1.82, 2.24) is 10.2 Å². The van der Waals surface area contributed by atoms with Gasteiger partial charge in [0.05, 0.1) is 13.2 Å². The summed E-state index contributed by atoms with van der Waals surface area (Å²) in [6.45, 7) is 2.83. The SMILES string of the molecule is CN(C)C/C=C/C(=O)NCCOCCN. The number of ether oxygens (including phenoxy) is 1. The summed E-state index contributed by atoms with van der Waals surface area (Å²) < 4.78 is 5.10. The van der Waals surface area contributed by atoms with E-state index >= 15 is 0 Å². The minimum Gasteiger partial charge on any atom is -0.378 e. The number of amides is 1. The Kier molecular flexibility index (Phi) is 9.05. The standard InChI is InChI=1S/C10H21N3O2/c1-13(2)7-3-4-10(14)12-6-9-15-8-5-11/h3-4H,5-9,11H2,1-2H3,(H,12,14)/b4-3+. The lowest BCUT2D eigenvalue weighted by atomic mass is 10.4. The number of nitrogens with two attached hydrogens (primary N) is 1. The predicted octanol–water partition coefficient (Wildman–Crippen LogP) is -0.804. The van der Waals surface area contributed by atoms with Crippen LogP contribution in [0.3, 0.4) is 0 Å². The van der Waals surface area contributed by atoms with Gasteiger partial charge in [0.15, 0.2) is 0 Å². The first-order valence-electron chi connectivity index (χ1n) is 5.03. The van der Waals surface area contributed by atoms with Crippen molar-refractivity contribution in [3.63, 3.8) is 0 Å². The van der Waals surface area contributed by atoms with Crippen LogP contribution < -0.4 is 11.1 Å². The molecule has 0 aliphatic carbocycles. The third-order valence-corrected chi connectivity index (χ3v) is 1.55. The van der Waals surface area contributed by atoms with E-state index in [0.717, 1.165) is 6.54 Å². The highest BCUT2D eigenvalue weighted by atomic mass is 16.5. The van der Waals surface area contributed by atoms with Gasteiger partial charge >= 0.3 is 0 Å². The fourth-order valence-corrected chi connectivity index (χ4v) is 0.861. The molecule has 0 aliphatic rings. The lowest BCUT2D eigenvalue weighted by molar-refractivity contribution is -0.116. The monoisotopic (exact) mass is 215 g/mol. The van der Waals surface area contributed by atoms with E-state index in [1.807, 2.05) is 25.1 Å². The molecule has 0 bridgehead atoms. The maximum Gasteiger partial charge on any atom is 0.243 e. The van der Waals surface area contributed by atoms with Gasteiger partial charge in [0.1, 0.15) is 0 Å². The number of hydrogen-bond donors (Lipinski definition) is 2. The molecule has 1 amide bonds. The summed E-state index contributed by atoms with van der Waals surface area (Å²) in [7, 11) is 3.89. The quantitative estimate of drug-likeness (QED) is 0.411. The zero-order chi connectivity index (χ0) is 11.5. The third-order valence-electron chi connectivity index (χ3n) is 1.55. The van der Waals surface area contributed by atoms with Gasteiger partial charge in [-0.3, -0.25) is 4.79 Å². The van der Waals surface area contributed by atoms with Crippen LogP contribution in [-0.2, 0) is 9.53 Å². The molecule has 0 aliphatic heterocycles. The van der Waals surface area contributed by atoms with Gasteiger partial charge in [-0.25, -0.2) is 0 Å². The van der Waals surface area contributed by atoms with Crippen LogP contribution >= 0.6 is 0 Å². The number of likely N-dealkylation sites (N-methyl/N-ethyl adjacent to an activating group) is 1. The zero-order valence-electron chi connectivity index (χ0n) is 9.53. The molecule has 15 heavy (non-hydrogen) atoms. The minimum atomic E-state index is -0.0896. The average Bonchev–Trinajstić information content (AvgIpc) is 2.17. The highest BCUT2D eigenvalue weighted by Crippen LogP contribution is 1.78. The van der Waals surface area contributed by atoms with E-state index in [-0.39, 0.29) is 5.91 Å². The van der Waals surface area contributed by atoms with E-state index in [1.54, 1.807) is 0 Å². The van der Waals surface area contributed by atoms with Crippen LogP contribution in [0.15, 0.2) is 12.2 Å². The normalized spacial score (nSPS) is 11.2. The molecule has 5 nitrogen and oxygen atoms in total. The maximum atomic E-state index is 11.2. The molecular weight excluding hydrogens is 194 g/mol. The second kappa shape index (κ2) is 9.64. The highest BCUT2D eigenvalue weighted by Gasteiger charge is 1.93. The van der Waals surface area contributed by atoms with Crippen molar-refractivity contribution in [3.8, 4) is 0 Å². The van der Waals surface area contributed by atoms with E-state index in [1.165, 1.54) is 6.08 Å². The van der Waals surface area contributed by atoms with Crippen molar-refractivity contribution in [2.24, 2.45) is 5.73 Å². The summed E-state index contributed by atoms with van der Waals surface area (Å²) in [6, 6.07) is 0. The Hall–Kier alpha value is -0.910. The Labute approximate surface area is 91.3 Å². The van der Waals surface area contributed by atoms with E-state index in [0.29, 0.717) is 26.3 Å². The first-order valence-corrected chi connectivity index (χ1v) is 5.03. The highest BCUT2D eigenvalue weighted by molar-refractivity contribution is 5.87. The molecule has 0 heterocycles. The molecule has 88 valence electrons. The Morgan fingerprint density at radius 2 is 2.20 bits per heavy atom. The third kappa shape index (κ3) is 11.0.